The maximum absolute atomic E-state index is 13.2. The number of fused-ring (bicyclic) bond motifs is 3. The van der Waals surface area contributed by atoms with Crippen LogP contribution < -0.4 is 4.74 Å². The van der Waals surface area contributed by atoms with E-state index < -0.39 is 6.10 Å². The monoisotopic (exact) mass is 353 g/mol. The molecule has 3 amide bonds. The van der Waals surface area contributed by atoms with Crippen molar-refractivity contribution in [2.24, 2.45) is 0 Å². The molecule has 0 radical (unpaired) electrons. The topological polar surface area (TPSA) is 49.6 Å². The molecule has 0 saturated carbocycles. The van der Waals surface area contributed by atoms with Crippen molar-refractivity contribution in [1.29, 1.82) is 0 Å². The molecule has 1 atom stereocenters. The van der Waals surface area contributed by atoms with Crippen LogP contribution in [0.25, 0.3) is 0 Å². The first-order chi connectivity index (χ1) is 12.5. The van der Waals surface area contributed by atoms with Gasteiger partial charge >= 0.3 is 11.9 Å². The van der Waals surface area contributed by atoms with Gasteiger partial charge in [0, 0.05) is 0 Å². The summed E-state index contributed by atoms with van der Waals surface area (Å²) in [6, 6.07) is 12.6. The molecule has 6 heteroatoms. The molecule has 5 nitrogen and oxygen atoms in total. The van der Waals surface area contributed by atoms with Gasteiger partial charge in [-0.05, 0) is 43.7 Å². The maximum atomic E-state index is 13.2. The maximum Gasteiger partial charge on any atom is 0.501 e. The fourth-order valence-corrected chi connectivity index (χ4v) is 3.41. The van der Waals surface area contributed by atoms with Crippen LogP contribution in [-0.2, 0) is 11.3 Å². The van der Waals surface area contributed by atoms with Crippen molar-refractivity contribution in [3.05, 3.63) is 65.5 Å². The zero-order chi connectivity index (χ0) is 18.4. The van der Waals surface area contributed by atoms with Crippen molar-refractivity contribution in [3.8, 4) is 5.75 Å². The fraction of sp³-hybridized carbons (Fsp3) is 0.250. The first-order valence-electron chi connectivity index (χ1n) is 8.49. The van der Waals surface area contributed by atoms with Crippen molar-refractivity contribution >= 4 is 17.6 Å². The molecule has 0 spiro atoms. The molecule has 132 valence electrons. The molecule has 0 aromatic heterocycles. The molecular weight excluding hydrogens is 335 g/mol. The lowest BCUT2D eigenvalue weighted by Crippen LogP contribution is -2.59. The summed E-state index contributed by atoms with van der Waals surface area (Å²) in [7, 11) is 0. The van der Waals surface area contributed by atoms with E-state index in [9.17, 15) is 14.0 Å². The van der Waals surface area contributed by atoms with E-state index in [2.05, 4.69) is 0 Å². The largest absolute Gasteiger partial charge is 0.501 e. The van der Waals surface area contributed by atoms with Crippen LogP contribution in [0.3, 0.4) is 0 Å². The van der Waals surface area contributed by atoms with E-state index in [1.807, 2.05) is 18.2 Å². The molecule has 1 unspecified atom stereocenters. The van der Waals surface area contributed by atoms with Crippen molar-refractivity contribution in [2.45, 2.75) is 32.5 Å². The van der Waals surface area contributed by atoms with Crippen molar-refractivity contribution in [1.82, 2.24) is 4.90 Å². The van der Waals surface area contributed by atoms with Crippen LogP contribution in [0, 0.1) is 5.82 Å². The Balaban J connectivity index is 1.87. The molecule has 2 aromatic carbocycles. The summed E-state index contributed by atoms with van der Waals surface area (Å²) in [4.78, 5) is 27.2. The average Bonchev–Trinajstić information content (AvgIpc) is 3.00. The molecule has 2 aliphatic heterocycles. The summed E-state index contributed by atoms with van der Waals surface area (Å²) in [6.07, 6.45) is -0.840. The van der Waals surface area contributed by atoms with E-state index in [-0.39, 0.29) is 30.3 Å². The van der Waals surface area contributed by atoms with Crippen LogP contribution in [0.5, 0.6) is 5.75 Å². The Labute approximate surface area is 150 Å². The number of amides is 3. The number of para-hydroxylation sites is 1. The lowest BCUT2D eigenvalue weighted by Gasteiger charge is -2.26. The molecule has 0 saturated heterocycles. The Morgan fingerprint density at radius 1 is 1.12 bits per heavy atom. The average molecular weight is 353 g/mol. The Morgan fingerprint density at radius 3 is 2.50 bits per heavy atom. The molecular formula is C20H18FN2O3+. The van der Waals surface area contributed by atoms with Gasteiger partial charge in [0.1, 0.15) is 24.2 Å². The minimum absolute atomic E-state index is 0.235. The van der Waals surface area contributed by atoms with Gasteiger partial charge < -0.3 is 4.74 Å². The standard InChI is InChI=1S/C20H18FN2O3/c1-12(2)23-19(24)18-17(15-5-3-4-6-16(15)26-18)22(20(23)25)11-13-7-9-14(21)10-8-13/h3-10,12,18H,11H2,1-2H3/q+1. The van der Waals surface area contributed by atoms with Gasteiger partial charge in [-0.1, -0.05) is 24.3 Å². The summed E-state index contributed by atoms with van der Waals surface area (Å²) in [5.74, 6) is -0.104. The number of nitrogens with zero attached hydrogens (tertiary/aromatic N) is 2. The Bertz CT molecular complexity index is 934. The quantitative estimate of drug-likeness (QED) is 0.797. The summed E-state index contributed by atoms with van der Waals surface area (Å²) in [5, 5.41) is 0. The minimum atomic E-state index is -0.840. The third kappa shape index (κ3) is 2.49. The van der Waals surface area contributed by atoms with Crippen LogP contribution in [-0.4, -0.2) is 39.3 Å². The van der Waals surface area contributed by atoms with E-state index >= 15 is 0 Å². The lowest BCUT2D eigenvalue weighted by atomic mass is 10.0. The van der Waals surface area contributed by atoms with Crippen LogP contribution in [0.2, 0.25) is 0 Å². The third-order valence-corrected chi connectivity index (χ3v) is 4.62. The van der Waals surface area contributed by atoms with Gasteiger partial charge in [-0.25, -0.2) is 9.18 Å². The fourth-order valence-electron chi connectivity index (χ4n) is 3.41. The van der Waals surface area contributed by atoms with E-state index in [0.717, 1.165) is 11.1 Å². The van der Waals surface area contributed by atoms with Crippen molar-refractivity contribution in [2.75, 3.05) is 0 Å². The number of benzene rings is 2. The normalized spacial score (nSPS) is 18.9. The van der Waals surface area contributed by atoms with Crippen LogP contribution in [0.4, 0.5) is 9.18 Å². The number of imide groups is 1. The first kappa shape index (κ1) is 16.4. The zero-order valence-corrected chi connectivity index (χ0v) is 14.5. The second-order valence-electron chi connectivity index (χ2n) is 6.68. The molecule has 0 bridgehead atoms. The Morgan fingerprint density at radius 2 is 1.81 bits per heavy atom. The van der Waals surface area contributed by atoms with Crippen molar-refractivity contribution < 1.29 is 23.3 Å². The summed E-state index contributed by atoms with van der Waals surface area (Å²) >= 11 is 0. The number of hydrogen-bond donors (Lipinski definition) is 0. The molecule has 0 fully saturated rings. The molecule has 26 heavy (non-hydrogen) atoms. The molecule has 0 N–H and O–H groups in total. The summed E-state index contributed by atoms with van der Waals surface area (Å²) in [6.45, 7) is 3.82. The van der Waals surface area contributed by atoms with Gasteiger partial charge in [-0.15, -0.1) is 0 Å². The van der Waals surface area contributed by atoms with Crippen LogP contribution >= 0.6 is 0 Å². The lowest BCUT2D eigenvalue weighted by molar-refractivity contribution is -0.457. The van der Waals surface area contributed by atoms with Gasteiger partial charge in [0.05, 0.1) is 5.56 Å². The number of urea groups is 1. The van der Waals surface area contributed by atoms with Gasteiger partial charge in [-0.3, -0.25) is 0 Å². The summed E-state index contributed by atoms with van der Waals surface area (Å²) in [5.41, 5.74) is 2.06. The predicted molar refractivity (Wildman–Crippen MR) is 92.7 cm³/mol. The number of ether oxygens (including phenoxy) is 1. The van der Waals surface area contributed by atoms with Gasteiger partial charge in [0.25, 0.3) is 6.10 Å². The zero-order valence-electron chi connectivity index (χ0n) is 14.5. The van der Waals surface area contributed by atoms with Crippen LogP contribution in [0.15, 0.2) is 48.5 Å². The van der Waals surface area contributed by atoms with Crippen LogP contribution in [0.1, 0.15) is 25.0 Å². The number of halogens is 1. The first-order valence-corrected chi connectivity index (χ1v) is 8.49. The second-order valence-corrected chi connectivity index (χ2v) is 6.68. The third-order valence-electron chi connectivity index (χ3n) is 4.62. The number of hydrogen-bond acceptors (Lipinski definition) is 3. The smallest absolute Gasteiger partial charge is 0.469 e. The van der Waals surface area contributed by atoms with Crippen molar-refractivity contribution in [3.63, 3.8) is 0 Å². The van der Waals surface area contributed by atoms with E-state index in [0.29, 0.717) is 11.5 Å². The second kappa shape index (κ2) is 6.05. The Kier molecular flexibility index (Phi) is 3.83. The van der Waals surface area contributed by atoms with E-state index in [4.69, 9.17) is 4.74 Å². The van der Waals surface area contributed by atoms with E-state index in [1.165, 1.54) is 17.0 Å². The highest BCUT2D eigenvalue weighted by Gasteiger charge is 2.54. The molecule has 4 rings (SSSR count). The van der Waals surface area contributed by atoms with Gasteiger partial charge in [0.2, 0.25) is 0 Å². The predicted octanol–water partition coefficient (Wildman–Crippen LogP) is 2.96. The van der Waals surface area contributed by atoms with Gasteiger partial charge in [-0.2, -0.15) is 14.3 Å². The molecule has 2 aliphatic rings. The number of carbonyl (C=O) groups is 2. The van der Waals surface area contributed by atoms with Gasteiger partial charge in [0.15, 0.2) is 5.71 Å². The molecule has 0 aliphatic carbocycles. The van der Waals surface area contributed by atoms with E-state index in [1.54, 1.807) is 36.6 Å². The SMILES string of the molecule is CC(C)N1C(=O)C2Oc3ccccc3C2=[N+](Cc2ccc(F)cc2)C1=O. The molecule has 2 aromatic rings. The minimum Gasteiger partial charge on any atom is -0.469 e. The molecule has 2 heterocycles. The summed E-state index contributed by atoms with van der Waals surface area (Å²) < 4.78 is 20.6. The highest BCUT2D eigenvalue weighted by atomic mass is 19.1. The number of carbonyl (C=O) groups excluding carboxylic acids is 2. The highest BCUT2D eigenvalue weighted by molar-refractivity contribution is 6.22. The number of rotatable bonds is 3. The highest BCUT2D eigenvalue weighted by Crippen LogP contribution is 2.33. The Hall–Kier alpha value is -3.02.